The average molecular weight is 1150 g/mol. The van der Waals surface area contributed by atoms with Crippen LogP contribution in [-0.4, -0.2) is 37.2 Å². The van der Waals surface area contributed by atoms with Gasteiger partial charge in [-0.05, 0) is 109 Å². The second-order valence-corrected chi connectivity index (χ2v) is 23.4. The van der Waals surface area contributed by atoms with E-state index in [9.17, 15) is 14.4 Å². The first-order valence-corrected chi connectivity index (χ1v) is 35.4. The lowest BCUT2D eigenvalue weighted by Gasteiger charge is -2.18. The largest absolute Gasteiger partial charge is 0.462 e. The minimum atomic E-state index is -0.785. The molecule has 0 fully saturated rings. The van der Waals surface area contributed by atoms with Crippen LogP contribution in [0.5, 0.6) is 0 Å². The van der Waals surface area contributed by atoms with Crippen molar-refractivity contribution >= 4 is 17.9 Å². The molecule has 0 radical (unpaired) electrons. The minimum absolute atomic E-state index is 0.0817. The summed E-state index contributed by atoms with van der Waals surface area (Å²) in [4.78, 5) is 38.2. The maximum absolute atomic E-state index is 12.9. The number of unbranched alkanes of at least 4 members (excludes halogenated alkanes) is 35. The van der Waals surface area contributed by atoms with E-state index in [0.717, 1.165) is 122 Å². The Morgan fingerprint density at radius 1 is 0.253 bits per heavy atom. The molecule has 0 heterocycles. The second kappa shape index (κ2) is 70.6. The fourth-order valence-electron chi connectivity index (χ4n) is 9.99. The SMILES string of the molecule is CC/C=C\C/C=C\C/C=C\C/C=C\C/C=C\C/C=C\CCCCCCCCC(=O)OC(COC(=O)CCCCCCCCC)COC(=O)CCCCCCCCCCCCCCCCCCCC/C=C\C/C=C\C/C=C\CCCCCCC. The number of hydrogen-bond acceptors (Lipinski definition) is 6. The maximum Gasteiger partial charge on any atom is 0.306 e. The van der Waals surface area contributed by atoms with E-state index in [4.69, 9.17) is 14.2 Å². The Labute approximate surface area is 514 Å². The highest BCUT2D eigenvalue weighted by molar-refractivity contribution is 5.71. The van der Waals surface area contributed by atoms with E-state index in [-0.39, 0.29) is 31.1 Å². The molecule has 0 bridgehead atoms. The highest BCUT2D eigenvalue weighted by Gasteiger charge is 2.19. The van der Waals surface area contributed by atoms with Crippen LogP contribution in [0.1, 0.15) is 342 Å². The van der Waals surface area contributed by atoms with Crippen molar-refractivity contribution in [2.45, 2.75) is 348 Å². The summed E-state index contributed by atoms with van der Waals surface area (Å²) in [7, 11) is 0. The Morgan fingerprint density at radius 2 is 0.470 bits per heavy atom. The van der Waals surface area contributed by atoms with Crippen LogP contribution >= 0.6 is 0 Å². The number of hydrogen-bond donors (Lipinski definition) is 0. The van der Waals surface area contributed by atoms with E-state index >= 15 is 0 Å². The van der Waals surface area contributed by atoms with Crippen LogP contribution in [0.3, 0.4) is 0 Å². The molecule has 0 aliphatic heterocycles. The predicted octanol–water partition coefficient (Wildman–Crippen LogP) is 24.6. The van der Waals surface area contributed by atoms with Gasteiger partial charge in [-0.2, -0.15) is 0 Å². The first kappa shape index (κ1) is 79.1. The molecule has 0 saturated carbocycles. The number of rotatable bonds is 64. The van der Waals surface area contributed by atoms with Crippen LogP contribution in [0, 0.1) is 0 Å². The van der Waals surface area contributed by atoms with Gasteiger partial charge in [0.25, 0.3) is 0 Å². The van der Waals surface area contributed by atoms with Crippen molar-refractivity contribution in [1.82, 2.24) is 0 Å². The zero-order valence-corrected chi connectivity index (χ0v) is 54.7. The molecule has 83 heavy (non-hydrogen) atoms. The Kier molecular flexibility index (Phi) is 67.2. The number of esters is 3. The second-order valence-electron chi connectivity index (χ2n) is 23.4. The number of allylic oxidation sites excluding steroid dienone is 18. The lowest BCUT2D eigenvalue weighted by molar-refractivity contribution is -0.167. The molecule has 0 aliphatic rings. The molecule has 0 saturated heterocycles. The van der Waals surface area contributed by atoms with Crippen molar-refractivity contribution in [2.75, 3.05) is 13.2 Å². The molecule has 476 valence electrons. The molecule has 0 aliphatic carbocycles. The zero-order valence-electron chi connectivity index (χ0n) is 54.7. The maximum atomic E-state index is 12.9. The van der Waals surface area contributed by atoms with Crippen molar-refractivity contribution < 1.29 is 28.6 Å². The molecule has 0 aromatic carbocycles. The predicted molar refractivity (Wildman–Crippen MR) is 362 cm³/mol. The molecule has 6 nitrogen and oxygen atoms in total. The van der Waals surface area contributed by atoms with Gasteiger partial charge in [0, 0.05) is 19.3 Å². The summed E-state index contributed by atoms with van der Waals surface area (Å²) in [6.07, 6.45) is 97.2. The molecule has 0 aromatic rings. The van der Waals surface area contributed by atoms with Crippen LogP contribution in [0.25, 0.3) is 0 Å². The van der Waals surface area contributed by atoms with Crippen LogP contribution in [0.2, 0.25) is 0 Å². The van der Waals surface area contributed by atoms with E-state index in [1.807, 2.05) is 0 Å². The lowest BCUT2D eigenvalue weighted by atomic mass is 10.0. The molecule has 0 N–H and O–H groups in total. The van der Waals surface area contributed by atoms with E-state index in [2.05, 4.69) is 130 Å². The van der Waals surface area contributed by atoms with Gasteiger partial charge in [-0.3, -0.25) is 14.4 Å². The lowest BCUT2D eigenvalue weighted by Crippen LogP contribution is -2.30. The highest BCUT2D eigenvalue weighted by atomic mass is 16.6. The van der Waals surface area contributed by atoms with Gasteiger partial charge in [0.2, 0.25) is 0 Å². The first-order chi connectivity index (χ1) is 41.0. The molecule has 6 heteroatoms. The number of ether oxygens (including phenoxy) is 3. The molecular formula is C77H132O6. The number of carbonyl (C=O) groups excluding carboxylic acids is 3. The first-order valence-electron chi connectivity index (χ1n) is 35.4. The molecule has 0 aromatic heterocycles. The molecule has 1 atom stereocenters. The van der Waals surface area contributed by atoms with Gasteiger partial charge in [0.1, 0.15) is 13.2 Å². The molecule has 0 spiro atoms. The van der Waals surface area contributed by atoms with Crippen molar-refractivity contribution in [3.8, 4) is 0 Å². The summed E-state index contributed by atoms with van der Waals surface area (Å²) in [5.74, 6) is -0.892. The van der Waals surface area contributed by atoms with Gasteiger partial charge in [-0.25, -0.2) is 0 Å². The standard InChI is InChI=1S/C77H132O6/c1-4-7-10-13-16-18-20-22-24-26-28-30-32-34-35-36-37-38-39-40-41-43-44-46-48-50-52-54-56-58-61-64-67-70-76(79)82-73-74(72-81-75(78)69-66-63-60-15-12-9-6-3)83-77(80)71-68-65-62-59-57-55-53-51-49-47-45-42-33-31-29-27-25-23-21-19-17-14-11-8-5-2/h8,11,17,19-20,22-23,25-26,28-29,31-32,34,42,45,49,51,74H,4-7,9-10,12-16,18,21,24,27,30,33,35-41,43-44,46-48,50,52-73H2,1-3H3/b11-8-,19-17-,22-20-,25-23-,28-26-,31-29-,34-32-,45-42-,51-49-. The Bertz CT molecular complexity index is 1660. The van der Waals surface area contributed by atoms with E-state index in [1.165, 1.54) is 180 Å². The minimum Gasteiger partial charge on any atom is -0.462 e. The van der Waals surface area contributed by atoms with Gasteiger partial charge >= 0.3 is 17.9 Å². The average Bonchev–Trinajstić information content (AvgIpc) is 3.50. The summed E-state index contributed by atoms with van der Waals surface area (Å²) in [5, 5.41) is 0. The fourth-order valence-corrected chi connectivity index (χ4v) is 9.99. The smallest absolute Gasteiger partial charge is 0.306 e. The summed E-state index contributed by atoms with van der Waals surface area (Å²) in [6.45, 7) is 6.49. The molecule has 1 unspecified atom stereocenters. The third-order valence-corrected chi connectivity index (χ3v) is 15.3. The third kappa shape index (κ3) is 68.7. The highest BCUT2D eigenvalue weighted by Crippen LogP contribution is 2.17. The van der Waals surface area contributed by atoms with Crippen LogP contribution in [0.15, 0.2) is 109 Å². The quantitative estimate of drug-likeness (QED) is 0.0261. The van der Waals surface area contributed by atoms with Gasteiger partial charge < -0.3 is 14.2 Å². The van der Waals surface area contributed by atoms with Gasteiger partial charge in [-0.15, -0.1) is 0 Å². The fraction of sp³-hybridized carbons (Fsp3) is 0.727. The van der Waals surface area contributed by atoms with Crippen LogP contribution in [-0.2, 0) is 28.6 Å². The van der Waals surface area contributed by atoms with Crippen LogP contribution in [0.4, 0.5) is 0 Å². The third-order valence-electron chi connectivity index (χ3n) is 15.3. The van der Waals surface area contributed by atoms with Crippen molar-refractivity contribution in [3.63, 3.8) is 0 Å². The summed E-state index contributed by atoms with van der Waals surface area (Å²) < 4.78 is 16.9. The van der Waals surface area contributed by atoms with Gasteiger partial charge in [0.05, 0.1) is 0 Å². The summed E-state index contributed by atoms with van der Waals surface area (Å²) in [6, 6.07) is 0. The summed E-state index contributed by atoms with van der Waals surface area (Å²) in [5.41, 5.74) is 0. The molecular weight excluding hydrogens is 1020 g/mol. The Morgan fingerprint density at radius 3 is 0.735 bits per heavy atom. The van der Waals surface area contributed by atoms with E-state index in [0.29, 0.717) is 19.3 Å². The monoisotopic (exact) mass is 1150 g/mol. The topological polar surface area (TPSA) is 78.9 Å². The Hall–Kier alpha value is -3.93. The number of carbonyl (C=O) groups is 3. The van der Waals surface area contributed by atoms with E-state index < -0.39 is 6.10 Å². The van der Waals surface area contributed by atoms with Crippen molar-refractivity contribution in [3.05, 3.63) is 109 Å². The van der Waals surface area contributed by atoms with Gasteiger partial charge in [0.15, 0.2) is 6.10 Å². The molecule has 0 amide bonds. The van der Waals surface area contributed by atoms with Gasteiger partial charge in [-0.1, -0.05) is 323 Å². The van der Waals surface area contributed by atoms with Crippen LogP contribution < -0.4 is 0 Å². The van der Waals surface area contributed by atoms with Crippen molar-refractivity contribution in [2.24, 2.45) is 0 Å². The zero-order chi connectivity index (χ0) is 59.9. The molecule has 0 rings (SSSR count). The normalized spacial score (nSPS) is 12.8. The Balaban J connectivity index is 4.08. The van der Waals surface area contributed by atoms with E-state index in [1.54, 1.807) is 0 Å². The van der Waals surface area contributed by atoms with Crippen molar-refractivity contribution in [1.29, 1.82) is 0 Å². The summed E-state index contributed by atoms with van der Waals surface area (Å²) >= 11 is 0.